The van der Waals surface area contributed by atoms with E-state index in [0.717, 1.165) is 24.2 Å². The molecule has 0 spiro atoms. The van der Waals surface area contributed by atoms with E-state index in [2.05, 4.69) is 10.3 Å². The summed E-state index contributed by atoms with van der Waals surface area (Å²) < 4.78 is 16.4. The first kappa shape index (κ1) is 18.0. The zero-order valence-corrected chi connectivity index (χ0v) is 14.9. The largest absolute Gasteiger partial charge is 0.497 e. The maximum absolute atomic E-state index is 12.0. The molecule has 0 bridgehead atoms. The molecule has 6 heteroatoms. The highest BCUT2D eigenvalue weighted by Crippen LogP contribution is 2.23. The van der Waals surface area contributed by atoms with Crippen molar-refractivity contribution in [3.05, 3.63) is 48.2 Å². The summed E-state index contributed by atoms with van der Waals surface area (Å²) in [5, 5.41) is 2.84. The van der Waals surface area contributed by atoms with Crippen molar-refractivity contribution in [3.63, 3.8) is 0 Å². The lowest BCUT2D eigenvalue weighted by molar-refractivity contribution is -0.123. The average Bonchev–Trinajstić information content (AvgIpc) is 3.18. The molecule has 26 heavy (non-hydrogen) atoms. The Labute approximate surface area is 153 Å². The summed E-state index contributed by atoms with van der Waals surface area (Å²) in [7, 11) is 1.60. The topological polar surface area (TPSA) is 69.7 Å². The molecule has 0 saturated heterocycles. The summed E-state index contributed by atoms with van der Waals surface area (Å²) >= 11 is 0. The molecular formula is C20H24N2O4. The van der Waals surface area contributed by atoms with E-state index < -0.39 is 0 Å². The third-order valence-corrected chi connectivity index (χ3v) is 4.31. The Bertz CT molecular complexity index is 712. The number of methoxy groups -OCH3 is 1. The quantitative estimate of drug-likeness (QED) is 0.787. The molecule has 2 aromatic rings. The van der Waals surface area contributed by atoms with Crippen LogP contribution in [0, 0.1) is 0 Å². The van der Waals surface area contributed by atoms with Gasteiger partial charge in [-0.3, -0.25) is 4.79 Å². The van der Waals surface area contributed by atoms with Crippen LogP contribution in [-0.2, 0) is 11.3 Å². The average molecular weight is 356 g/mol. The van der Waals surface area contributed by atoms with Crippen molar-refractivity contribution in [2.45, 2.75) is 38.3 Å². The maximum atomic E-state index is 12.0. The third kappa shape index (κ3) is 5.37. The van der Waals surface area contributed by atoms with Crippen LogP contribution >= 0.6 is 0 Å². The highest BCUT2D eigenvalue weighted by atomic mass is 16.5. The van der Waals surface area contributed by atoms with Crippen molar-refractivity contribution in [1.29, 1.82) is 0 Å². The number of carbonyl (C=O) groups is 1. The van der Waals surface area contributed by atoms with Gasteiger partial charge in [0, 0.05) is 18.8 Å². The van der Waals surface area contributed by atoms with Crippen LogP contribution in [0.15, 0.2) is 42.6 Å². The summed E-state index contributed by atoms with van der Waals surface area (Å²) in [5.74, 6) is 1.81. The molecule has 1 aromatic carbocycles. The van der Waals surface area contributed by atoms with Gasteiger partial charge in [0.15, 0.2) is 6.61 Å². The van der Waals surface area contributed by atoms with Crippen LogP contribution in [0.1, 0.15) is 31.2 Å². The van der Waals surface area contributed by atoms with Crippen LogP contribution in [0.2, 0.25) is 0 Å². The monoisotopic (exact) mass is 356 g/mol. The Morgan fingerprint density at radius 2 is 1.88 bits per heavy atom. The van der Waals surface area contributed by atoms with Gasteiger partial charge in [0.05, 0.1) is 7.11 Å². The second-order valence-corrected chi connectivity index (χ2v) is 6.27. The number of aromatic nitrogens is 1. The summed E-state index contributed by atoms with van der Waals surface area (Å²) in [6.07, 6.45) is 6.59. The van der Waals surface area contributed by atoms with E-state index in [1.807, 2.05) is 12.1 Å². The van der Waals surface area contributed by atoms with Gasteiger partial charge < -0.3 is 19.5 Å². The molecule has 1 aliphatic carbocycles. The smallest absolute Gasteiger partial charge is 0.258 e. The van der Waals surface area contributed by atoms with E-state index in [9.17, 15) is 4.79 Å². The number of nitrogens with zero attached hydrogens (tertiary/aromatic N) is 1. The fourth-order valence-corrected chi connectivity index (χ4v) is 2.87. The number of rotatable bonds is 8. The highest BCUT2D eigenvalue weighted by Gasteiger charge is 2.17. The van der Waals surface area contributed by atoms with Crippen LogP contribution in [-0.4, -0.2) is 30.7 Å². The summed E-state index contributed by atoms with van der Waals surface area (Å²) in [6, 6.07) is 10.9. The Kier molecular flexibility index (Phi) is 6.30. The molecule has 1 aromatic heterocycles. The molecule has 0 aliphatic heterocycles. The van der Waals surface area contributed by atoms with Crippen molar-refractivity contribution < 1.29 is 19.0 Å². The van der Waals surface area contributed by atoms with Crippen LogP contribution < -0.4 is 19.5 Å². The zero-order valence-electron chi connectivity index (χ0n) is 14.9. The van der Waals surface area contributed by atoms with Gasteiger partial charge in [0.1, 0.15) is 17.6 Å². The molecule has 6 nitrogen and oxygen atoms in total. The summed E-state index contributed by atoms with van der Waals surface area (Å²) in [5.41, 5.74) is 0.950. The minimum absolute atomic E-state index is 0.0388. The number of nitrogens with one attached hydrogen (secondary N) is 1. The number of benzene rings is 1. The van der Waals surface area contributed by atoms with Gasteiger partial charge in [-0.15, -0.1) is 0 Å². The van der Waals surface area contributed by atoms with Crippen LogP contribution in [0.25, 0.3) is 0 Å². The van der Waals surface area contributed by atoms with Gasteiger partial charge in [-0.2, -0.15) is 0 Å². The number of hydrogen-bond donors (Lipinski definition) is 1. The molecule has 1 aliphatic rings. The highest BCUT2D eigenvalue weighted by molar-refractivity contribution is 5.77. The van der Waals surface area contributed by atoms with Crippen LogP contribution in [0.4, 0.5) is 0 Å². The van der Waals surface area contributed by atoms with Crippen LogP contribution in [0.5, 0.6) is 17.4 Å². The molecular weight excluding hydrogens is 332 g/mol. The Morgan fingerprint density at radius 1 is 1.15 bits per heavy atom. The predicted octanol–water partition coefficient (Wildman–Crippen LogP) is 3.11. The third-order valence-electron chi connectivity index (χ3n) is 4.31. The first-order chi connectivity index (χ1) is 12.7. The second-order valence-electron chi connectivity index (χ2n) is 6.27. The first-order valence-electron chi connectivity index (χ1n) is 8.88. The number of hydrogen-bond acceptors (Lipinski definition) is 5. The molecule has 0 unspecified atom stereocenters. The lowest BCUT2D eigenvalue weighted by Gasteiger charge is -2.13. The van der Waals surface area contributed by atoms with E-state index in [1.54, 1.807) is 37.6 Å². The molecule has 1 fully saturated rings. The molecule has 0 atom stereocenters. The van der Waals surface area contributed by atoms with E-state index in [0.29, 0.717) is 18.2 Å². The molecule has 1 N–H and O–H groups in total. The van der Waals surface area contributed by atoms with Crippen LogP contribution in [0.3, 0.4) is 0 Å². The number of amides is 1. The minimum atomic E-state index is -0.184. The standard InChI is InChI=1S/C20H24N2O4/c1-24-16-6-8-17(9-7-16)25-14-19(23)22-13-15-10-11-21-20(12-15)26-18-4-2-3-5-18/h6-12,18H,2-5,13-14H2,1H3,(H,22,23). The maximum Gasteiger partial charge on any atom is 0.258 e. The minimum Gasteiger partial charge on any atom is -0.497 e. The van der Waals surface area contributed by atoms with E-state index in [1.165, 1.54) is 12.8 Å². The fraction of sp³-hybridized carbons (Fsp3) is 0.400. The van der Waals surface area contributed by atoms with Gasteiger partial charge in [0.25, 0.3) is 5.91 Å². The van der Waals surface area contributed by atoms with Gasteiger partial charge in [-0.25, -0.2) is 4.98 Å². The summed E-state index contributed by atoms with van der Waals surface area (Å²) in [6.45, 7) is 0.372. The molecule has 1 amide bonds. The van der Waals surface area contributed by atoms with Crippen molar-refractivity contribution in [2.24, 2.45) is 0 Å². The normalized spacial score (nSPS) is 14.0. The van der Waals surface area contributed by atoms with E-state index in [-0.39, 0.29) is 18.6 Å². The van der Waals surface area contributed by atoms with Gasteiger partial charge in [-0.1, -0.05) is 0 Å². The SMILES string of the molecule is COc1ccc(OCC(=O)NCc2ccnc(OC3CCCC3)c2)cc1. The van der Waals surface area contributed by atoms with Crippen molar-refractivity contribution >= 4 is 5.91 Å². The van der Waals surface area contributed by atoms with Gasteiger partial charge >= 0.3 is 0 Å². The van der Waals surface area contributed by atoms with E-state index in [4.69, 9.17) is 14.2 Å². The summed E-state index contributed by atoms with van der Waals surface area (Å²) in [4.78, 5) is 16.2. The van der Waals surface area contributed by atoms with Gasteiger partial charge in [0.2, 0.25) is 5.88 Å². The number of ether oxygens (including phenoxy) is 3. The number of carbonyl (C=O) groups excluding carboxylic acids is 1. The second kappa shape index (κ2) is 9.08. The molecule has 0 radical (unpaired) electrons. The Morgan fingerprint density at radius 3 is 2.62 bits per heavy atom. The fourth-order valence-electron chi connectivity index (χ4n) is 2.87. The van der Waals surface area contributed by atoms with Crippen molar-refractivity contribution in [3.8, 4) is 17.4 Å². The molecule has 1 heterocycles. The Balaban J connectivity index is 1.43. The molecule has 1 saturated carbocycles. The lowest BCUT2D eigenvalue weighted by atomic mass is 10.2. The molecule has 138 valence electrons. The zero-order chi connectivity index (χ0) is 18.2. The lowest BCUT2D eigenvalue weighted by Crippen LogP contribution is -2.28. The number of pyridine rings is 1. The van der Waals surface area contributed by atoms with E-state index >= 15 is 0 Å². The Hall–Kier alpha value is -2.76. The predicted molar refractivity (Wildman–Crippen MR) is 97.5 cm³/mol. The molecule has 3 rings (SSSR count). The first-order valence-corrected chi connectivity index (χ1v) is 8.88. The van der Waals surface area contributed by atoms with Gasteiger partial charge in [-0.05, 0) is 61.6 Å². The van der Waals surface area contributed by atoms with Crippen molar-refractivity contribution in [1.82, 2.24) is 10.3 Å². The van der Waals surface area contributed by atoms with Crippen molar-refractivity contribution in [2.75, 3.05) is 13.7 Å².